The van der Waals surface area contributed by atoms with E-state index in [9.17, 15) is 4.39 Å². The lowest BCUT2D eigenvalue weighted by Crippen LogP contribution is -2.51. The number of piperazine rings is 1. The Hall–Kier alpha value is -2.24. The van der Waals surface area contributed by atoms with Gasteiger partial charge in [0.25, 0.3) is 0 Å². The van der Waals surface area contributed by atoms with Crippen LogP contribution >= 0.6 is 34.8 Å². The molecule has 4 saturated heterocycles. The van der Waals surface area contributed by atoms with E-state index in [-0.39, 0.29) is 62.1 Å². The van der Waals surface area contributed by atoms with Crippen LogP contribution in [0.4, 0.5) is 24.7 Å². The SMILES string of the molecule is Nc1c(Cl)cc(Cl)c(F)c1-c1c(Cl)cc2c(N3CC4CCC(C3)N4)nc(OCC34CCCN3CC(F)C4)nc2c1F. The van der Waals surface area contributed by atoms with E-state index in [1.54, 1.807) is 0 Å². The molecule has 2 aromatic carbocycles. The Balaban J connectivity index is 1.37. The number of nitrogens with two attached hydrogens (primary N) is 1. The molecule has 0 aliphatic carbocycles. The van der Waals surface area contributed by atoms with Crippen LogP contribution in [0.3, 0.4) is 0 Å². The van der Waals surface area contributed by atoms with Gasteiger partial charge in [0.1, 0.15) is 24.1 Å². The number of hydrogen-bond donors (Lipinski definition) is 2. The van der Waals surface area contributed by atoms with Crippen LogP contribution < -0.4 is 20.7 Å². The molecule has 1 aromatic heterocycles. The van der Waals surface area contributed by atoms with E-state index in [4.69, 9.17) is 50.3 Å². The van der Waals surface area contributed by atoms with E-state index in [0.717, 1.165) is 38.3 Å². The zero-order valence-corrected chi connectivity index (χ0v) is 24.3. The Labute approximate surface area is 250 Å². The number of hydrogen-bond acceptors (Lipinski definition) is 7. The third kappa shape index (κ3) is 4.57. The maximum absolute atomic E-state index is 16.5. The van der Waals surface area contributed by atoms with Crippen molar-refractivity contribution in [2.45, 2.75) is 55.9 Å². The summed E-state index contributed by atoms with van der Waals surface area (Å²) in [5, 5.41) is 3.51. The zero-order valence-electron chi connectivity index (χ0n) is 22.0. The van der Waals surface area contributed by atoms with Gasteiger partial charge >= 0.3 is 6.01 Å². The molecule has 7 nitrogen and oxygen atoms in total. The van der Waals surface area contributed by atoms with Crippen molar-refractivity contribution >= 4 is 57.2 Å². The monoisotopic (exact) mass is 626 g/mol. The summed E-state index contributed by atoms with van der Waals surface area (Å²) in [6.45, 7) is 2.69. The first-order valence-corrected chi connectivity index (χ1v) is 14.9. The van der Waals surface area contributed by atoms with Gasteiger partial charge in [-0.1, -0.05) is 34.8 Å². The van der Waals surface area contributed by atoms with E-state index in [1.807, 2.05) is 0 Å². The molecule has 41 heavy (non-hydrogen) atoms. The van der Waals surface area contributed by atoms with Crippen LogP contribution in [0, 0.1) is 11.6 Å². The molecule has 7 rings (SSSR count). The van der Waals surface area contributed by atoms with Crippen molar-refractivity contribution in [3.05, 3.63) is 38.8 Å². The van der Waals surface area contributed by atoms with Gasteiger partial charge in [0.15, 0.2) is 11.6 Å². The highest BCUT2D eigenvalue weighted by Crippen LogP contribution is 2.46. The fourth-order valence-corrected chi connectivity index (χ4v) is 7.92. The largest absolute Gasteiger partial charge is 0.461 e. The molecule has 218 valence electrons. The van der Waals surface area contributed by atoms with Crippen molar-refractivity contribution in [3.8, 4) is 17.1 Å². The first-order chi connectivity index (χ1) is 19.6. The molecule has 4 atom stereocenters. The maximum atomic E-state index is 16.5. The summed E-state index contributed by atoms with van der Waals surface area (Å²) in [5.41, 5.74) is 4.73. The highest BCUT2D eigenvalue weighted by molar-refractivity contribution is 6.38. The summed E-state index contributed by atoms with van der Waals surface area (Å²) in [6, 6.07) is 3.19. The van der Waals surface area contributed by atoms with E-state index in [1.165, 1.54) is 6.07 Å². The third-order valence-corrected chi connectivity index (χ3v) is 9.93. The topological polar surface area (TPSA) is 79.5 Å². The number of benzene rings is 2. The summed E-state index contributed by atoms with van der Waals surface area (Å²) < 4.78 is 52.3. The number of halogens is 6. The smallest absolute Gasteiger partial charge is 0.319 e. The first-order valence-electron chi connectivity index (χ1n) is 13.8. The molecule has 0 amide bonds. The Morgan fingerprint density at radius 1 is 1.00 bits per heavy atom. The summed E-state index contributed by atoms with van der Waals surface area (Å²) in [5.74, 6) is -1.36. The Morgan fingerprint density at radius 2 is 1.76 bits per heavy atom. The fourth-order valence-electron chi connectivity index (χ4n) is 7.17. The van der Waals surface area contributed by atoms with E-state index < -0.39 is 23.3 Å². The second kappa shape index (κ2) is 10.2. The van der Waals surface area contributed by atoms with E-state index in [2.05, 4.69) is 20.1 Å². The Morgan fingerprint density at radius 3 is 2.51 bits per heavy atom. The molecule has 4 fully saturated rings. The number of aromatic nitrogens is 2. The number of nitrogens with zero attached hydrogens (tertiary/aromatic N) is 4. The van der Waals surface area contributed by atoms with Gasteiger partial charge in [-0.25, -0.2) is 13.2 Å². The second-order valence-electron chi connectivity index (χ2n) is 11.6. The molecule has 0 saturated carbocycles. The Bertz CT molecular complexity index is 1520. The van der Waals surface area contributed by atoms with Crippen LogP contribution in [-0.4, -0.2) is 71.4 Å². The number of ether oxygens (including phenoxy) is 1. The van der Waals surface area contributed by atoms with Crippen molar-refractivity contribution in [2.75, 3.05) is 43.4 Å². The molecule has 3 aromatic rings. The fraction of sp³-hybridized carbons (Fsp3) is 0.500. The predicted octanol–water partition coefficient (Wildman–Crippen LogP) is 6.01. The number of anilines is 2. The minimum Gasteiger partial charge on any atom is -0.461 e. The Kier molecular flexibility index (Phi) is 6.86. The van der Waals surface area contributed by atoms with E-state index in [0.29, 0.717) is 37.3 Å². The van der Waals surface area contributed by atoms with Crippen molar-refractivity contribution < 1.29 is 17.9 Å². The molecule has 4 aliphatic heterocycles. The summed E-state index contributed by atoms with van der Waals surface area (Å²) in [7, 11) is 0. The van der Waals surface area contributed by atoms with Crippen molar-refractivity contribution in [1.82, 2.24) is 20.2 Å². The molecule has 2 bridgehead atoms. The highest BCUT2D eigenvalue weighted by atomic mass is 35.5. The molecule has 3 N–H and O–H groups in total. The molecule has 4 unspecified atom stereocenters. The van der Waals surface area contributed by atoms with Gasteiger partial charge < -0.3 is 20.7 Å². The van der Waals surface area contributed by atoms with Crippen LogP contribution in [0.1, 0.15) is 32.1 Å². The van der Waals surface area contributed by atoms with Gasteiger partial charge in [-0.15, -0.1) is 0 Å². The van der Waals surface area contributed by atoms with Gasteiger partial charge in [-0.2, -0.15) is 9.97 Å². The minimum atomic E-state index is -0.944. The maximum Gasteiger partial charge on any atom is 0.319 e. The molecule has 4 aliphatic rings. The van der Waals surface area contributed by atoms with Gasteiger partial charge in [-0.05, 0) is 44.4 Å². The standard InChI is InChI=1S/C28H28Cl3F3N6O/c29-17-6-16-25(23(34)20(17)21-22(33)18(30)7-19(31)24(21)35)37-27(38-26(16)39-10-14-2-3-15(11-39)36-14)41-12-28-4-1-5-40(28)9-13(32)8-28/h6-7,13-15,36H,1-5,8-12,35H2. The summed E-state index contributed by atoms with van der Waals surface area (Å²) in [4.78, 5) is 13.4. The van der Waals surface area contributed by atoms with Crippen LogP contribution in [0.5, 0.6) is 6.01 Å². The lowest BCUT2D eigenvalue weighted by molar-refractivity contribution is 0.107. The van der Waals surface area contributed by atoms with Gasteiger partial charge in [-0.3, -0.25) is 4.90 Å². The zero-order chi connectivity index (χ0) is 28.6. The molecule has 0 spiro atoms. The number of fused-ring (bicyclic) bond motifs is 4. The van der Waals surface area contributed by atoms with Crippen LogP contribution in [-0.2, 0) is 0 Å². The normalized spacial score (nSPS) is 27.7. The molecule has 13 heteroatoms. The van der Waals surface area contributed by atoms with Crippen molar-refractivity contribution in [1.29, 1.82) is 0 Å². The predicted molar refractivity (Wildman–Crippen MR) is 155 cm³/mol. The van der Waals surface area contributed by atoms with Crippen LogP contribution in [0.25, 0.3) is 22.0 Å². The van der Waals surface area contributed by atoms with Gasteiger partial charge in [0.05, 0.1) is 26.3 Å². The first kappa shape index (κ1) is 27.6. The number of nitrogen functional groups attached to an aromatic ring is 1. The lowest BCUT2D eigenvalue weighted by atomic mass is 9.95. The number of rotatable bonds is 5. The molecule has 5 heterocycles. The van der Waals surface area contributed by atoms with Crippen molar-refractivity contribution in [3.63, 3.8) is 0 Å². The average Bonchev–Trinajstić information content (AvgIpc) is 3.58. The van der Waals surface area contributed by atoms with Crippen LogP contribution in [0.15, 0.2) is 12.1 Å². The highest BCUT2D eigenvalue weighted by Gasteiger charge is 2.49. The minimum absolute atomic E-state index is 0.0336. The second-order valence-corrected chi connectivity index (χ2v) is 12.8. The molecule has 0 radical (unpaired) electrons. The van der Waals surface area contributed by atoms with Crippen molar-refractivity contribution in [2.24, 2.45) is 0 Å². The average molecular weight is 628 g/mol. The quantitative estimate of drug-likeness (QED) is 0.265. The van der Waals surface area contributed by atoms with Crippen LogP contribution in [0.2, 0.25) is 15.1 Å². The third-order valence-electron chi connectivity index (χ3n) is 9.05. The van der Waals surface area contributed by atoms with Gasteiger partial charge in [0.2, 0.25) is 0 Å². The summed E-state index contributed by atoms with van der Waals surface area (Å²) in [6.07, 6.45) is 3.27. The van der Waals surface area contributed by atoms with E-state index >= 15 is 8.78 Å². The molecular formula is C28H28Cl3F3N6O. The lowest BCUT2D eigenvalue weighted by Gasteiger charge is -2.34. The number of alkyl halides is 1. The number of nitrogens with one attached hydrogen (secondary N) is 1. The molecular weight excluding hydrogens is 600 g/mol. The summed E-state index contributed by atoms with van der Waals surface area (Å²) >= 11 is 18.8. The van der Waals surface area contributed by atoms with Gasteiger partial charge in [0, 0.05) is 54.7 Å².